The molecule has 8 heteroatoms. The molecule has 156 valence electrons. The van der Waals surface area contributed by atoms with Crippen molar-refractivity contribution in [2.75, 3.05) is 13.7 Å². The number of ether oxygens (including phenoxy) is 2. The number of rotatable bonds is 7. The maximum Gasteiger partial charge on any atom is 0.342 e. The summed E-state index contributed by atoms with van der Waals surface area (Å²) < 4.78 is 9.77. The molecule has 3 N–H and O–H groups in total. The Bertz CT molecular complexity index is 1090. The minimum atomic E-state index is -0.951. The Morgan fingerprint density at radius 3 is 2.67 bits per heavy atom. The van der Waals surface area contributed by atoms with Gasteiger partial charge in [0, 0.05) is 23.5 Å². The van der Waals surface area contributed by atoms with Crippen LogP contribution in [0.15, 0.2) is 48.7 Å². The minimum Gasteiger partial charge on any atom is -0.507 e. The first-order valence-corrected chi connectivity index (χ1v) is 9.28. The molecule has 0 saturated heterocycles. The number of carbonyl (C=O) groups is 3. The lowest BCUT2D eigenvalue weighted by atomic mass is 10.0. The van der Waals surface area contributed by atoms with E-state index in [0.29, 0.717) is 5.56 Å². The molecule has 0 fully saturated rings. The summed E-state index contributed by atoms with van der Waals surface area (Å²) >= 11 is 0. The molecule has 30 heavy (non-hydrogen) atoms. The number of phenols is 1. The van der Waals surface area contributed by atoms with E-state index >= 15 is 0 Å². The maximum absolute atomic E-state index is 12.3. The summed E-state index contributed by atoms with van der Waals surface area (Å²) in [4.78, 5) is 39.7. The molecule has 1 aromatic heterocycles. The Kier molecular flexibility index (Phi) is 6.36. The number of H-pyrrole nitrogens is 1. The molecular weight excluding hydrogens is 388 g/mol. The van der Waals surface area contributed by atoms with E-state index < -0.39 is 30.5 Å². The normalized spacial score (nSPS) is 11.7. The minimum absolute atomic E-state index is 0.0360. The molecule has 1 heterocycles. The molecule has 1 atom stereocenters. The van der Waals surface area contributed by atoms with E-state index in [0.717, 1.165) is 16.5 Å². The summed E-state index contributed by atoms with van der Waals surface area (Å²) in [6.45, 7) is 1.04. The van der Waals surface area contributed by atoms with Gasteiger partial charge in [0.1, 0.15) is 17.4 Å². The van der Waals surface area contributed by atoms with Crippen molar-refractivity contribution in [2.45, 2.75) is 19.4 Å². The lowest BCUT2D eigenvalue weighted by Gasteiger charge is -2.16. The van der Waals surface area contributed by atoms with Gasteiger partial charge in [-0.15, -0.1) is 0 Å². The molecule has 0 bridgehead atoms. The van der Waals surface area contributed by atoms with Crippen LogP contribution >= 0.6 is 0 Å². The number of aryl methyl sites for hydroxylation is 1. The number of aromatic hydroxyl groups is 1. The lowest BCUT2D eigenvalue weighted by Crippen LogP contribution is -2.44. The fourth-order valence-corrected chi connectivity index (χ4v) is 3.12. The molecule has 3 rings (SSSR count). The van der Waals surface area contributed by atoms with Crippen molar-refractivity contribution in [2.24, 2.45) is 0 Å². The van der Waals surface area contributed by atoms with Gasteiger partial charge < -0.3 is 24.9 Å². The smallest absolute Gasteiger partial charge is 0.342 e. The number of carbonyl (C=O) groups excluding carboxylic acids is 3. The van der Waals surface area contributed by atoms with Crippen LogP contribution in [0.3, 0.4) is 0 Å². The molecule has 0 aliphatic heterocycles. The molecule has 1 amide bonds. The Labute approximate surface area is 172 Å². The van der Waals surface area contributed by atoms with Gasteiger partial charge in [-0.2, -0.15) is 0 Å². The number of phenolic OH excluding ortho intramolecular Hbond substituents is 1. The highest BCUT2D eigenvalue weighted by Crippen LogP contribution is 2.22. The molecule has 0 radical (unpaired) electrons. The number of esters is 2. The summed E-state index contributed by atoms with van der Waals surface area (Å²) in [6.07, 6.45) is 1.97. The number of fused-ring (bicyclic) bond motifs is 1. The van der Waals surface area contributed by atoms with Crippen molar-refractivity contribution >= 4 is 28.7 Å². The molecule has 0 aliphatic carbocycles. The number of aromatic amines is 1. The molecular formula is C22H22N2O6. The van der Waals surface area contributed by atoms with Crippen molar-refractivity contribution in [3.8, 4) is 5.75 Å². The summed E-state index contributed by atoms with van der Waals surface area (Å²) in [5.74, 6) is -2.31. The fourth-order valence-electron chi connectivity index (χ4n) is 3.12. The van der Waals surface area contributed by atoms with Crippen LogP contribution < -0.4 is 5.32 Å². The van der Waals surface area contributed by atoms with E-state index in [9.17, 15) is 19.5 Å². The SMILES string of the molecule is COC(=O)[C@@H](Cc1c[nH]c2ccccc12)NC(=O)COC(=O)c1cccc(C)c1O. The summed E-state index contributed by atoms with van der Waals surface area (Å²) in [5, 5.41) is 13.4. The van der Waals surface area contributed by atoms with Crippen LogP contribution in [-0.4, -0.2) is 47.7 Å². The van der Waals surface area contributed by atoms with Gasteiger partial charge in [-0.05, 0) is 30.2 Å². The van der Waals surface area contributed by atoms with E-state index in [1.54, 1.807) is 25.3 Å². The van der Waals surface area contributed by atoms with Crippen LogP contribution in [0, 0.1) is 6.92 Å². The van der Waals surface area contributed by atoms with Crippen LogP contribution in [-0.2, 0) is 25.5 Å². The van der Waals surface area contributed by atoms with Crippen molar-refractivity contribution < 1.29 is 29.0 Å². The highest BCUT2D eigenvalue weighted by molar-refractivity contribution is 5.94. The average molecular weight is 410 g/mol. The molecule has 0 unspecified atom stereocenters. The number of hydrogen-bond donors (Lipinski definition) is 3. The monoisotopic (exact) mass is 410 g/mol. The Balaban J connectivity index is 1.65. The molecule has 0 spiro atoms. The van der Waals surface area contributed by atoms with Gasteiger partial charge >= 0.3 is 11.9 Å². The van der Waals surface area contributed by atoms with E-state index in [2.05, 4.69) is 10.3 Å². The maximum atomic E-state index is 12.3. The number of para-hydroxylation sites is 2. The number of nitrogens with one attached hydrogen (secondary N) is 2. The van der Waals surface area contributed by atoms with Crippen LogP contribution in [0.25, 0.3) is 10.9 Å². The number of methoxy groups -OCH3 is 1. The summed E-state index contributed by atoms with van der Waals surface area (Å²) in [7, 11) is 1.23. The van der Waals surface area contributed by atoms with Crippen molar-refractivity contribution in [1.82, 2.24) is 10.3 Å². The van der Waals surface area contributed by atoms with Crippen molar-refractivity contribution in [1.29, 1.82) is 0 Å². The van der Waals surface area contributed by atoms with Gasteiger partial charge in [0.05, 0.1) is 7.11 Å². The highest BCUT2D eigenvalue weighted by Gasteiger charge is 2.24. The highest BCUT2D eigenvalue weighted by atomic mass is 16.5. The molecule has 8 nitrogen and oxygen atoms in total. The topological polar surface area (TPSA) is 118 Å². The lowest BCUT2D eigenvalue weighted by molar-refractivity contribution is -0.145. The van der Waals surface area contributed by atoms with Crippen LogP contribution in [0.1, 0.15) is 21.5 Å². The molecule has 0 aliphatic rings. The Hall–Kier alpha value is -3.81. The molecule has 2 aromatic carbocycles. The third kappa shape index (κ3) is 4.60. The van der Waals surface area contributed by atoms with Gasteiger partial charge in [-0.3, -0.25) is 4.79 Å². The fraction of sp³-hybridized carbons (Fsp3) is 0.227. The third-order valence-electron chi connectivity index (χ3n) is 4.71. The second-order valence-electron chi connectivity index (χ2n) is 6.75. The van der Waals surface area contributed by atoms with Gasteiger partial charge in [-0.25, -0.2) is 9.59 Å². The van der Waals surface area contributed by atoms with Crippen LogP contribution in [0.5, 0.6) is 5.75 Å². The first-order chi connectivity index (χ1) is 14.4. The van der Waals surface area contributed by atoms with E-state index in [1.807, 2.05) is 24.3 Å². The standard InChI is InChI=1S/C22H22N2O6/c1-13-6-5-8-16(20(13)26)21(27)30-12-19(25)24-18(22(28)29-2)10-14-11-23-17-9-4-3-7-15(14)17/h3-9,11,18,23,26H,10,12H2,1-2H3,(H,24,25)/t18-/m1/s1. The predicted octanol–water partition coefficient (Wildman–Crippen LogP) is 2.24. The zero-order chi connectivity index (χ0) is 21.7. The zero-order valence-corrected chi connectivity index (χ0v) is 16.6. The van der Waals surface area contributed by atoms with Crippen LogP contribution in [0.4, 0.5) is 0 Å². The quantitative estimate of drug-likeness (QED) is 0.514. The summed E-state index contributed by atoms with van der Waals surface area (Å²) in [6, 6.07) is 11.3. The van der Waals surface area contributed by atoms with E-state index in [4.69, 9.17) is 9.47 Å². The number of aromatic nitrogens is 1. The number of amides is 1. The van der Waals surface area contributed by atoms with Crippen LogP contribution in [0.2, 0.25) is 0 Å². The first kappa shape index (κ1) is 20.9. The Morgan fingerprint density at radius 2 is 1.90 bits per heavy atom. The van der Waals surface area contributed by atoms with Gasteiger partial charge in [0.25, 0.3) is 5.91 Å². The van der Waals surface area contributed by atoms with Crippen molar-refractivity contribution in [3.05, 3.63) is 65.4 Å². The summed E-state index contributed by atoms with van der Waals surface area (Å²) in [5.41, 5.74) is 2.22. The second kappa shape index (κ2) is 9.13. The van der Waals surface area contributed by atoms with Gasteiger partial charge in [0.2, 0.25) is 0 Å². The zero-order valence-electron chi connectivity index (χ0n) is 16.6. The van der Waals surface area contributed by atoms with E-state index in [1.165, 1.54) is 13.2 Å². The number of benzene rings is 2. The largest absolute Gasteiger partial charge is 0.507 e. The van der Waals surface area contributed by atoms with Gasteiger partial charge in [-0.1, -0.05) is 30.3 Å². The Morgan fingerprint density at radius 1 is 1.13 bits per heavy atom. The average Bonchev–Trinajstić information content (AvgIpc) is 3.16. The number of hydrogen-bond acceptors (Lipinski definition) is 6. The van der Waals surface area contributed by atoms with Crippen molar-refractivity contribution in [3.63, 3.8) is 0 Å². The molecule has 0 saturated carbocycles. The molecule has 3 aromatic rings. The first-order valence-electron chi connectivity index (χ1n) is 9.28. The second-order valence-corrected chi connectivity index (χ2v) is 6.75. The van der Waals surface area contributed by atoms with Gasteiger partial charge in [0.15, 0.2) is 6.61 Å². The third-order valence-corrected chi connectivity index (χ3v) is 4.71. The van der Waals surface area contributed by atoms with E-state index in [-0.39, 0.29) is 17.7 Å². The predicted molar refractivity (Wildman–Crippen MR) is 109 cm³/mol.